The fourth-order valence-electron chi connectivity index (χ4n) is 1.81. The monoisotopic (exact) mass is 275 g/mol. The van der Waals surface area contributed by atoms with Crippen molar-refractivity contribution in [1.29, 1.82) is 0 Å². The van der Waals surface area contributed by atoms with Crippen molar-refractivity contribution in [3.8, 4) is 5.75 Å². The molecule has 0 aliphatic carbocycles. The Labute approximate surface area is 117 Å². The summed E-state index contributed by atoms with van der Waals surface area (Å²) in [5.41, 5.74) is 0.499. The summed E-state index contributed by atoms with van der Waals surface area (Å²) in [5.74, 6) is 0.962. The summed E-state index contributed by atoms with van der Waals surface area (Å²) < 4.78 is 10.5. The van der Waals surface area contributed by atoms with Crippen molar-refractivity contribution in [1.82, 2.24) is 5.32 Å². The Kier molecular flexibility index (Phi) is 4.79. The van der Waals surface area contributed by atoms with Crippen LogP contribution in [0.3, 0.4) is 0 Å². The fraction of sp³-hybridized carbons (Fsp3) is 0.267. The fourth-order valence-corrected chi connectivity index (χ4v) is 1.81. The Morgan fingerprint density at radius 3 is 2.65 bits per heavy atom. The van der Waals surface area contributed by atoms with Crippen LogP contribution >= 0.6 is 0 Å². The van der Waals surface area contributed by atoms with Gasteiger partial charge in [0.15, 0.2) is 0 Å². The molecule has 1 atom stereocenters. The van der Waals surface area contributed by atoms with Crippen molar-refractivity contribution >= 4 is 5.91 Å². The van der Waals surface area contributed by atoms with Crippen LogP contribution in [-0.4, -0.2) is 24.2 Å². The summed E-state index contributed by atoms with van der Waals surface area (Å²) in [6.45, 7) is 2.25. The number of nitrogens with one attached hydrogen (secondary N) is 1. The highest BCUT2D eigenvalue weighted by atomic mass is 16.5. The number of hydrogen-bond acceptors (Lipinski definition) is 4. The number of carbonyl (C=O) groups is 1. The van der Waals surface area contributed by atoms with Crippen molar-refractivity contribution in [3.63, 3.8) is 0 Å². The van der Waals surface area contributed by atoms with Crippen LogP contribution in [0.25, 0.3) is 0 Å². The topological polar surface area (TPSA) is 71.7 Å². The molecular formula is C15H17NO4. The lowest BCUT2D eigenvalue weighted by Crippen LogP contribution is -2.30. The quantitative estimate of drug-likeness (QED) is 0.847. The van der Waals surface area contributed by atoms with E-state index in [2.05, 4.69) is 5.32 Å². The molecule has 1 amide bonds. The van der Waals surface area contributed by atoms with E-state index in [-0.39, 0.29) is 12.5 Å². The minimum atomic E-state index is -0.552. The Hall–Kier alpha value is -2.27. The van der Waals surface area contributed by atoms with E-state index in [0.717, 1.165) is 0 Å². The molecule has 5 heteroatoms. The van der Waals surface area contributed by atoms with Crippen LogP contribution in [-0.2, 0) is 0 Å². The molecule has 1 aromatic heterocycles. The lowest BCUT2D eigenvalue weighted by Gasteiger charge is -2.14. The van der Waals surface area contributed by atoms with Crippen molar-refractivity contribution in [3.05, 3.63) is 54.0 Å². The second-order valence-electron chi connectivity index (χ2n) is 4.18. The first kappa shape index (κ1) is 14.1. The van der Waals surface area contributed by atoms with Crippen molar-refractivity contribution in [2.24, 2.45) is 0 Å². The molecule has 1 unspecified atom stereocenters. The van der Waals surface area contributed by atoms with Gasteiger partial charge in [0.25, 0.3) is 5.91 Å². The molecule has 0 spiro atoms. The number of furan rings is 1. The van der Waals surface area contributed by atoms with Crippen LogP contribution in [0.1, 0.15) is 29.1 Å². The van der Waals surface area contributed by atoms with E-state index in [1.807, 2.05) is 6.92 Å². The minimum Gasteiger partial charge on any atom is -0.494 e. The largest absolute Gasteiger partial charge is 0.494 e. The van der Waals surface area contributed by atoms with Gasteiger partial charge in [0.05, 0.1) is 19.5 Å². The Morgan fingerprint density at radius 2 is 2.10 bits per heavy atom. The number of aliphatic hydroxyl groups is 1. The van der Waals surface area contributed by atoms with Crippen LogP contribution < -0.4 is 10.1 Å². The zero-order chi connectivity index (χ0) is 14.4. The van der Waals surface area contributed by atoms with Gasteiger partial charge in [0.1, 0.15) is 17.6 Å². The third-order valence-corrected chi connectivity index (χ3v) is 2.80. The molecule has 0 saturated heterocycles. The number of ether oxygens (including phenoxy) is 1. The molecular weight excluding hydrogens is 258 g/mol. The summed E-state index contributed by atoms with van der Waals surface area (Å²) >= 11 is 0. The zero-order valence-corrected chi connectivity index (χ0v) is 11.2. The maximum absolute atomic E-state index is 12.1. The highest BCUT2D eigenvalue weighted by molar-refractivity contribution is 5.94. The molecule has 2 aromatic rings. The summed E-state index contributed by atoms with van der Waals surface area (Å²) in [4.78, 5) is 12.1. The van der Waals surface area contributed by atoms with Gasteiger partial charge >= 0.3 is 0 Å². The SMILES string of the molecule is CCOc1ccc(C(=O)NC(CO)c2ccco2)cc1. The van der Waals surface area contributed by atoms with Gasteiger partial charge in [0, 0.05) is 5.56 Å². The Morgan fingerprint density at radius 1 is 1.35 bits per heavy atom. The number of aliphatic hydroxyl groups excluding tert-OH is 1. The van der Waals surface area contributed by atoms with Gasteiger partial charge < -0.3 is 19.6 Å². The molecule has 20 heavy (non-hydrogen) atoms. The van der Waals surface area contributed by atoms with Crippen molar-refractivity contribution < 1.29 is 19.1 Å². The summed E-state index contributed by atoms with van der Waals surface area (Å²) in [5, 5.41) is 12.0. The second kappa shape index (κ2) is 6.77. The molecule has 0 saturated carbocycles. The van der Waals surface area contributed by atoms with Gasteiger partial charge in [-0.1, -0.05) is 0 Å². The van der Waals surface area contributed by atoms with E-state index in [1.165, 1.54) is 6.26 Å². The third kappa shape index (κ3) is 3.39. The predicted octanol–water partition coefficient (Wildman–Crippen LogP) is 2.14. The number of benzene rings is 1. The van der Waals surface area contributed by atoms with E-state index in [4.69, 9.17) is 9.15 Å². The Balaban J connectivity index is 2.03. The number of carbonyl (C=O) groups excluding carboxylic acids is 1. The molecule has 2 rings (SSSR count). The van der Waals surface area contributed by atoms with Crippen LogP contribution in [0.2, 0.25) is 0 Å². The molecule has 0 radical (unpaired) electrons. The highest BCUT2D eigenvalue weighted by Crippen LogP contribution is 2.15. The summed E-state index contributed by atoms with van der Waals surface area (Å²) in [6, 6.07) is 9.69. The first-order chi connectivity index (χ1) is 9.74. The van der Waals surface area contributed by atoms with E-state index in [1.54, 1.807) is 36.4 Å². The molecule has 106 valence electrons. The maximum Gasteiger partial charge on any atom is 0.251 e. The second-order valence-corrected chi connectivity index (χ2v) is 4.18. The van der Waals surface area contributed by atoms with Gasteiger partial charge in [-0.2, -0.15) is 0 Å². The average Bonchev–Trinajstić information content (AvgIpc) is 2.99. The summed E-state index contributed by atoms with van der Waals surface area (Å²) in [6.07, 6.45) is 1.50. The lowest BCUT2D eigenvalue weighted by molar-refractivity contribution is 0.0907. The van der Waals surface area contributed by atoms with E-state index in [0.29, 0.717) is 23.7 Å². The zero-order valence-electron chi connectivity index (χ0n) is 11.2. The van der Waals surface area contributed by atoms with E-state index < -0.39 is 6.04 Å². The van der Waals surface area contributed by atoms with Gasteiger partial charge in [-0.25, -0.2) is 0 Å². The van der Waals surface area contributed by atoms with E-state index in [9.17, 15) is 9.90 Å². The molecule has 1 heterocycles. The molecule has 0 aliphatic heterocycles. The maximum atomic E-state index is 12.1. The standard InChI is InChI=1S/C15H17NO4/c1-2-19-12-7-5-11(6-8-12)15(18)16-13(10-17)14-4-3-9-20-14/h3-9,13,17H,2,10H2,1H3,(H,16,18). The molecule has 0 fully saturated rings. The molecule has 0 bridgehead atoms. The third-order valence-electron chi connectivity index (χ3n) is 2.80. The lowest BCUT2D eigenvalue weighted by atomic mass is 10.1. The van der Waals surface area contributed by atoms with Crippen LogP contribution in [0.5, 0.6) is 5.75 Å². The normalized spacial score (nSPS) is 11.9. The molecule has 1 aromatic carbocycles. The van der Waals surface area contributed by atoms with Gasteiger partial charge in [-0.05, 0) is 43.3 Å². The average molecular weight is 275 g/mol. The first-order valence-electron chi connectivity index (χ1n) is 6.42. The minimum absolute atomic E-state index is 0.226. The van der Waals surface area contributed by atoms with Crippen LogP contribution in [0.4, 0.5) is 0 Å². The van der Waals surface area contributed by atoms with Crippen LogP contribution in [0, 0.1) is 0 Å². The number of rotatable bonds is 6. The number of amides is 1. The number of hydrogen-bond donors (Lipinski definition) is 2. The molecule has 0 aliphatic rings. The van der Waals surface area contributed by atoms with Crippen LogP contribution in [0.15, 0.2) is 47.1 Å². The van der Waals surface area contributed by atoms with Crippen molar-refractivity contribution in [2.45, 2.75) is 13.0 Å². The smallest absolute Gasteiger partial charge is 0.251 e. The predicted molar refractivity (Wildman–Crippen MR) is 73.6 cm³/mol. The van der Waals surface area contributed by atoms with Crippen molar-refractivity contribution in [2.75, 3.05) is 13.2 Å². The Bertz CT molecular complexity index is 534. The first-order valence-corrected chi connectivity index (χ1v) is 6.42. The molecule has 5 nitrogen and oxygen atoms in total. The summed E-state index contributed by atoms with van der Waals surface area (Å²) in [7, 11) is 0. The highest BCUT2D eigenvalue weighted by Gasteiger charge is 2.17. The van der Waals surface area contributed by atoms with Gasteiger partial charge in [-0.3, -0.25) is 4.79 Å². The van der Waals surface area contributed by atoms with Gasteiger partial charge in [-0.15, -0.1) is 0 Å². The van der Waals surface area contributed by atoms with Gasteiger partial charge in [0.2, 0.25) is 0 Å². The van der Waals surface area contributed by atoms with E-state index >= 15 is 0 Å². The molecule has 2 N–H and O–H groups in total.